The largest absolute Gasteiger partial charge is 0.416 e. The van der Waals surface area contributed by atoms with Crippen molar-refractivity contribution in [3.63, 3.8) is 0 Å². The molecule has 1 saturated carbocycles. The standard InChI is InChI=1S/C26H20ClF6N5/c1-14-8-18(11-17-4-2-3-5-21(17)27)22(35-34-14)23-24(16-6-7-16)38(37-36-23)13-15-9-19(25(28,29)30)12-20(10-15)26(31,32)33/h2-5,8-10,12,16H,6-7,11,13H2,1H3. The molecule has 5 nitrogen and oxygen atoms in total. The molecule has 0 saturated heterocycles. The molecule has 198 valence electrons. The summed E-state index contributed by atoms with van der Waals surface area (Å²) in [5.41, 5.74) is 0.828. The third-order valence-electron chi connectivity index (χ3n) is 6.28. The highest BCUT2D eigenvalue weighted by molar-refractivity contribution is 6.31. The first-order valence-electron chi connectivity index (χ1n) is 11.7. The minimum Gasteiger partial charge on any atom is -0.244 e. The van der Waals surface area contributed by atoms with E-state index >= 15 is 0 Å². The fourth-order valence-electron chi connectivity index (χ4n) is 4.37. The number of aryl methyl sites for hydroxylation is 1. The summed E-state index contributed by atoms with van der Waals surface area (Å²) in [5.74, 6) is 0.00384. The molecule has 2 heterocycles. The number of alkyl halides is 6. The zero-order valence-corrected chi connectivity index (χ0v) is 20.7. The van der Waals surface area contributed by atoms with Crippen LogP contribution < -0.4 is 0 Å². The Morgan fingerprint density at radius 2 is 1.50 bits per heavy atom. The maximum absolute atomic E-state index is 13.4. The van der Waals surface area contributed by atoms with Crippen LogP contribution in [0.25, 0.3) is 11.4 Å². The van der Waals surface area contributed by atoms with E-state index in [4.69, 9.17) is 11.6 Å². The van der Waals surface area contributed by atoms with Gasteiger partial charge in [0, 0.05) is 17.4 Å². The summed E-state index contributed by atoms with van der Waals surface area (Å²) in [7, 11) is 0. The van der Waals surface area contributed by atoms with E-state index in [0.717, 1.165) is 24.0 Å². The Balaban J connectivity index is 1.57. The Hall–Kier alpha value is -3.47. The van der Waals surface area contributed by atoms with Crippen LogP contribution in [0.15, 0.2) is 48.5 Å². The molecule has 0 aliphatic heterocycles. The zero-order valence-electron chi connectivity index (χ0n) is 19.9. The number of hydrogen-bond donors (Lipinski definition) is 0. The normalized spacial score (nSPS) is 14.2. The highest BCUT2D eigenvalue weighted by Gasteiger charge is 2.38. The van der Waals surface area contributed by atoms with Crippen LogP contribution in [0.2, 0.25) is 5.02 Å². The summed E-state index contributed by atoms with van der Waals surface area (Å²) < 4.78 is 81.6. The third kappa shape index (κ3) is 5.52. The van der Waals surface area contributed by atoms with Crippen LogP contribution >= 0.6 is 11.6 Å². The van der Waals surface area contributed by atoms with Crippen molar-refractivity contribution in [3.8, 4) is 11.4 Å². The van der Waals surface area contributed by atoms with Crippen molar-refractivity contribution in [2.24, 2.45) is 0 Å². The first-order chi connectivity index (χ1) is 17.9. The van der Waals surface area contributed by atoms with Gasteiger partial charge in [-0.05, 0) is 66.8 Å². The number of hydrogen-bond acceptors (Lipinski definition) is 4. The molecule has 4 aromatic rings. The molecule has 5 rings (SSSR count). The summed E-state index contributed by atoms with van der Waals surface area (Å²) in [5, 5.41) is 17.5. The lowest BCUT2D eigenvalue weighted by atomic mass is 10.00. The molecular weight excluding hydrogens is 532 g/mol. The van der Waals surface area contributed by atoms with E-state index in [-0.39, 0.29) is 24.1 Å². The van der Waals surface area contributed by atoms with Gasteiger partial charge < -0.3 is 0 Å². The molecule has 0 unspecified atom stereocenters. The van der Waals surface area contributed by atoms with E-state index in [1.165, 1.54) is 4.68 Å². The Morgan fingerprint density at radius 1 is 0.842 bits per heavy atom. The maximum Gasteiger partial charge on any atom is 0.416 e. The van der Waals surface area contributed by atoms with Gasteiger partial charge in [0.05, 0.1) is 29.1 Å². The van der Waals surface area contributed by atoms with Crippen LogP contribution in [-0.4, -0.2) is 25.2 Å². The van der Waals surface area contributed by atoms with Crippen molar-refractivity contribution in [1.29, 1.82) is 0 Å². The van der Waals surface area contributed by atoms with Gasteiger partial charge in [0.1, 0.15) is 11.4 Å². The predicted octanol–water partition coefficient (Wildman–Crippen LogP) is 7.25. The lowest BCUT2D eigenvalue weighted by molar-refractivity contribution is -0.143. The molecule has 1 aliphatic rings. The molecule has 0 amide bonds. The van der Waals surface area contributed by atoms with E-state index < -0.39 is 23.5 Å². The SMILES string of the molecule is Cc1cc(Cc2ccccc2Cl)c(-c2nnn(Cc3cc(C(F)(F)F)cc(C(F)(F)F)c3)c2C2CC2)nn1. The van der Waals surface area contributed by atoms with Crippen molar-refractivity contribution in [2.75, 3.05) is 0 Å². The Bertz CT molecular complexity index is 1460. The van der Waals surface area contributed by atoms with E-state index in [0.29, 0.717) is 46.4 Å². The van der Waals surface area contributed by atoms with Gasteiger partial charge in [0.25, 0.3) is 0 Å². The molecular formula is C26H20ClF6N5. The molecule has 2 aromatic heterocycles. The molecule has 0 radical (unpaired) electrons. The van der Waals surface area contributed by atoms with Crippen molar-refractivity contribution in [3.05, 3.63) is 92.8 Å². The lowest BCUT2D eigenvalue weighted by Gasteiger charge is -2.15. The molecule has 1 fully saturated rings. The smallest absolute Gasteiger partial charge is 0.244 e. The van der Waals surface area contributed by atoms with Crippen LogP contribution in [0.4, 0.5) is 26.3 Å². The number of aromatic nitrogens is 5. The van der Waals surface area contributed by atoms with Crippen LogP contribution in [0, 0.1) is 6.92 Å². The monoisotopic (exact) mass is 551 g/mol. The van der Waals surface area contributed by atoms with Gasteiger partial charge in [-0.25, -0.2) is 4.68 Å². The van der Waals surface area contributed by atoms with Gasteiger partial charge in [-0.15, -0.1) is 10.2 Å². The predicted molar refractivity (Wildman–Crippen MR) is 128 cm³/mol. The number of rotatable bonds is 6. The van der Waals surface area contributed by atoms with Crippen LogP contribution in [0.5, 0.6) is 0 Å². The zero-order chi connectivity index (χ0) is 27.2. The molecule has 38 heavy (non-hydrogen) atoms. The average Bonchev–Trinajstić information content (AvgIpc) is 3.60. The van der Waals surface area contributed by atoms with Gasteiger partial charge in [0.15, 0.2) is 0 Å². The summed E-state index contributed by atoms with van der Waals surface area (Å²) in [4.78, 5) is 0. The fourth-order valence-corrected chi connectivity index (χ4v) is 4.58. The van der Waals surface area contributed by atoms with Crippen molar-refractivity contribution >= 4 is 11.6 Å². The van der Waals surface area contributed by atoms with Gasteiger partial charge in [-0.1, -0.05) is 35.0 Å². The molecule has 0 N–H and O–H groups in total. The van der Waals surface area contributed by atoms with Gasteiger partial charge in [-0.2, -0.15) is 31.4 Å². The quantitative estimate of drug-likeness (QED) is 0.237. The van der Waals surface area contributed by atoms with Crippen molar-refractivity contribution in [1.82, 2.24) is 25.2 Å². The maximum atomic E-state index is 13.4. The summed E-state index contributed by atoms with van der Waals surface area (Å²) in [6.07, 6.45) is -7.88. The van der Waals surface area contributed by atoms with Gasteiger partial charge in [-0.3, -0.25) is 0 Å². The lowest BCUT2D eigenvalue weighted by Crippen LogP contribution is -2.14. The van der Waals surface area contributed by atoms with E-state index in [1.807, 2.05) is 24.3 Å². The second-order valence-electron chi connectivity index (χ2n) is 9.30. The molecule has 2 aromatic carbocycles. The van der Waals surface area contributed by atoms with Crippen LogP contribution in [0.1, 0.15) is 58.0 Å². The Kier molecular flexibility index (Phi) is 6.66. The number of halogens is 7. The highest BCUT2D eigenvalue weighted by atomic mass is 35.5. The first kappa shape index (κ1) is 26.1. The Morgan fingerprint density at radius 3 is 2.11 bits per heavy atom. The molecule has 12 heteroatoms. The van der Waals surface area contributed by atoms with Crippen LogP contribution in [0.3, 0.4) is 0 Å². The summed E-state index contributed by atoms with van der Waals surface area (Å²) in [6, 6.07) is 10.7. The van der Waals surface area contributed by atoms with E-state index in [2.05, 4.69) is 20.5 Å². The second-order valence-corrected chi connectivity index (χ2v) is 9.70. The van der Waals surface area contributed by atoms with E-state index in [9.17, 15) is 26.3 Å². The second kappa shape index (κ2) is 9.68. The summed E-state index contributed by atoms with van der Waals surface area (Å²) >= 11 is 6.36. The Labute approximate surface area is 218 Å². The minimum absolute atomic E-state index is 0.00384. The first-order valence-corrected chi connectivity index (χ1v) is 12.1. The number of benzene rings is 2. The molecule has 0 bridgehead atoms. The fraction of sp³-hybridized carbons (Fsp3) is 0.308. The van der Waals surface area contributed by atoms with Crippen LogP contribution in [-0.2, 0) is 25.3 Å². The number of nitrogens with zero attached hydrogens (tertiary/aromatic N) is 5. The van der Waals surface area contributed by atoms with Gasteiger partial charge in [0.2, 0.25) is 0 Å². The topological polar surface area (TPSA) is 56.5 Å². The van der Waals surface area contributed by atoms with Crippen molar-refractivity contribution in [2.45, 2.75) is 51.0 Å². The van der Waals surface area contributed by atoms with E-state index in [1.54, 1.807) is 13.0 Å². The molecule has 0 atom stereocenters. The minimum atomic E-state index is -4.94. The highest BCUT2D eigenvalue weighted by Crippen LogP contribution is 2.44. The average molecular weight is 552 g/mol. The molecule has 0 spiro atoms. The van der Waals surface area contributed by atoms with Gasteiger partial charge >= 0.3 is 12.4 Å². The third-order valence-corrected chi connectivity index (χ3v) is 6.64. The van der Waals surface area contributed by atoms with Crippen molar-refractivity contribution < 1.29 is 26.3 Å². The summed E-state index contributed by atoms with van der Waals surface area (Å²) in [6.45, 7) is 1.47. The molecule has 1 aliphatic carbocycles.